The Morgan fingerprint density at radius 2 is 1.85 bits per heavy atom. The summed E-state index contributed by atoms with van der Waals surface area (Å²) in [6, 6.07) is 15.2. The minimum atomic E-state index is -0.153. The zero-order chi connectivity index (χ0) is 14.1. The van der Waals surface area contributed by atoms with Crippen molar-refractivity contribution in [2.24, 2.45) is 0 Å². The second kappa shape index (κ2) is 5.17. The van der Waals surface area contributed by atoms with Crippen LogP contribution in [-0.4, -0.2) is 17.4 Å². The van der Waals surface area contributed by atoms with E-state index in [4.69, 9.17) is 11.6 Å². The lowest BCUT2D eigenvalue weighted by molar-refractivity contribution is 0.0695. The smallest absolute Gasteiger partial charge is 0.257 e. The van der Waals surface area contributed by atoms with E-state index in [0.29, 0.717) is 11.6 Å². The number of rotatable bonds is 2. The molecule has 1 aliphatic rings. The topological polar surface area (TPSA) is 32.3 Å². The molecule has 102 valence electrons. The Morgan fingerprint density at radius 3 is 2.55 bits per heavy atom. The first kappa shape index (κ1) is 13.0. The standard InChI is InChI=1S/C16H15ClN2O/c1-2-19-15(11-7-9-12(17)10-8-11)18-14-6-4-3-5-13(14)16(19)20/h3-10,15,18H,2H2,1H3. The van der Waals surface area contributed by atoms with E-state index in [0.717, 1.165) is 16.8 Å². The lowest BCUT2D eigenvalue weighted by Gasteiger charge is -2.37. The highest BCUT2D eigenvalue weighted by Gasteiger charge is 2.31. The van der Waals surface area contributed by atoms with Crippen molar-refractivity contribution in [1.29, 1.82) is 0 Å². The predicted molar refractivity (Wildman–Crippen MR) is 81.0 cm³/mol. The van der Waals surface area contributed by atoms with Crippen LogP contribution in [0.15, 0.2) is 48.5 Å². The van der Waals surface area contributed by atoms with Crippen molar-refractivity contribution in [2.75, 3.05) is 11.9 Å². The van der Waals surface area contributed by atoms with Crippen LogP contribution >= 0.6 is 11.6 Å². The molecule has 1 unspecified atom stereocenters. The van der Waals surface area contributed by atoms with Crippen LogP contribution in [0.2, 0.25) is 5.02 Å². The Balaban J connectivity index is 2.03. The molecule has 0 radical (unpaired) electrons. The Labute approximate surface area is 123 Å². The van der Waals surface area contributed by atoms with E-state index in [1.165, 1.54) is 0 Å². The summed E-state index contributed by atoms with van der Waals surface area (Å²) >= 11 is 5.93. The summed E-state index contributed by atoms with van der Waals surface area (Å²) in [5, 5.41) is 4.12. The van der Waals surface area contributed by atoms with E-state index in [2.05, 4.69) is 5.32 Å². The summed E-state index contributed by atoms with van der Waals surface area (Å²) in [5.74, 6) is 0.0572. The van der Waals surface area contributed by atoms with Gasteiger partial charge in [0.05, 0.1) is 5.56 Å². The van der Waals surface area contributed by atoms with Crippen molar-refractivity contribution in [2.45, 2.75) is 13.1 Å². The Hall–Kier alpha value is -2.00. The summed E-state index contributed by atoms with van der Waals surface area (Å²) in [7, 11) is 0. The van der Waals surface area contributed by atoms with Gasteiger partial charge in [-0.15, -0.1) is 0 Å². The summed E-state index contributed by atoms with van der Waals surface area (Å²) in [5.41, 5.74) is 2.63. The molecular weight excluding hydrogens is 272 g/mol. The van der Waals surface area contributed by atoms with Crippen LogP contribution in [0.5, 0.6) is 0 Å². The summed E-state index contributed by atoms with van der Waals surface area (Å²) in [4.78, 5) is 14.4. The van der Waals surface area contributed by atoms with Gasteiger partial charge in [0.15, 0.2) is 0 Å². The molecule has 0 spiro atoms. The van der Waals surface area contributed by atoms with E-state index in [1.807, 2.05) is 60.4 Å². The number of fused-ring (bicyclic) bond motifs is 1. The third kappa shape index (κ3) is 2.14. The molecule has 3 rings (SSSR count). The minimum absolute atomic E-state index is 0.0572. The lowest BCUT2D eigenvalue weighted by atomic mass is 10.0. The van der Waals surface area contributed by atoms with Crippen molar-refractivity contribution in [3.63, 3.8) is 0 Å². The van der Waals surface area contributed by atoms with E-state index in [-0.39, 0.29) is 12.1 Å². The molecule has 2 aromatic carbocycles. The van der Waals surface area contributed by atoms with Crippen LogP contribution < -0.4 is 5.32 Å². The maximum absolute atomic E-state index is 12.6. The largest absolute Gasteiger partial charge is 0.361 e. The first-order valence-electron chi connectivity index (χ1n) is 6.62. The molecule has 0 saturated carbocycles. The third-order valence-electron chi connectivity index (χ3n) is 3.55. The number of nitrogens with zero attached hydrogens (tertiary/aromatic N) is 1. The Morgan fingerprint density at radius 1 is 1.15 bits per heavy atom. The van der Waals surface area contributed by atoms with Gasteiger partial charge in [-0.1, -0.05) is 35.9 Å². The molecule has 0 aliphatic carbocycles. The Bertz CT molecular complexity index is 639. The van der Waals surface area contributed by atoms with Gasteiger partial charge in [0.25, 0.3) is 5.91 Å². The molecule has 0 fully saturated rings. The zero-order valence-electron chi connectivity index (χ0n) is 11.1. The summed E-state index contributed by atoms with van der Waals surface area (Å²) in [6.07, 6.45) is -0.153. The second-order valence-corrected chi connectivity index (χ2v) is 5.17. The summed E-state index contributed by atoms with van der Waals surface area (Å²) < 4.78 is 0. The molecular formula is C16H15ClN2O. The van der Waals surface area contributed by atoms with Gasteiger partial charge in [-0.3, -0.25) is 4.79 Å². The van der Waals surface area contributed by atoms with Gasteiger partial charge in [0.1, 0.15) is 6.17 Å². The number of para-hydroxylation sites is 1. The van der Waals surface area contributed by atoms with Gasteiger partial charge in [-0.05, 0) is 36.8 Å². The molecule has 1 heterocycles. The van der Waals surface area contributed by atoms with E-state index < -0.39 is 0 Å². The van der Waals surface area contributed by atoms with Gasteiger partial charge in [-0.25, -0.2) is 0 Å². The van der Waals surface area contributed by atoms with Gasteiger partial charge < -0.3 is 10.2 Å². The van der Waals surface area contributed by atoms with Crippen molar-refractivity contribution < 1.29 is 4.79 Å². The number of anilines is 1. The molecule has 20 heavy (non-hydrogen) atoms. The Kier molecular flexibility index (Phi) is 3.36. The minimum Gasteiger partial charge on any atom is -0.361 e. The first-order valence-corrected chi connectivity index (χ1v) is 7.00. The van der Waals surface area contributed by atoms with Crippen molar-refractivity contribution in [3.8, 4) is 0 Å². The zero-order valence-corrected chi connectivity index (χ0v) is 11.9. The average molecular weight is 287 g/mol. The van der Waals surface area contributed by atoms with Crippen molar-refractivity contribution in [3.05, 3.63) is 64.7 Å². The fourth-order valence-corrected chi connectivity index (χ4v) is 2.65. The normalized spacial score (nSPS) is 17.6. The number of carbonyl (C=O) groups excluding carboxylic acids is 1. The number of amides is 1. The van der Waals surface area contributed by atoms with Crippen LogP contribution in [0.4, 0.5) is 5.69 Å². The quantitative estimate of drug-likeness (QED) is 0.907. The molecule has 0 saturated heterocycles. The van der Waals surface area contributed by atoms with Gasteiger partial charge in [0.2, 0.25) is 0 Å². The number of hydrogen-bond donors (Lipinski definition) is 1. The fourth-order valence-electron chi connectivity index (χ4n) is 2.53. The monoisotopic (exact) mass is 286 g/mol. The molecule has 3 nitrogen and oxygen atoms in total. The van der Waals surface area contributed by atoms with Gasteiger partial charge in [-0.2, -0.15) is 0 Å². The number of hydrogen-bond acceptors (Lipinski definition) is 2. The van der Waals surface area contributed by atoms with Crippen LogP contribution in [0.1, 0.15) is 29.0 Å². The highest BCUT2D eigenvalue weighted by atomic mass is 35.5. The van der Waals surface area contributed by atoms with E-state index in [1.54, 1.807) is 0 Å². The SMILES string of the molecule is CCN1C(=O)c2ccccc2NC1c1ccc(Cl)cc1. The lowest BCUT2D eigenvalue weighted by Crippen LogP contribution is -2.42. The molecule has 1 aliphatic heterocycles. The fraction of sp³-hybridized carbons (Fsp3) is 0.188. The average Bonchev–Trinajstić information content (AvgIpc) is 2.48. The molecule has 1 amide bonds. The first-order chi connectivity index (χ1) is 9.70. The number of nitrogens with one attached hydrogen (secondary N) is 1. The summed E-state index contributed by atoms with van der Waals surface area (Å²) in [6.45, 7) is 2.63. The van der Waals surface area contributed by atoms with Crippen LogP contribution in [0, 0.1) is 0 Å². The van der Waals surface area contributed by atoms with Crippen LogP contribution in [0.25, 0.3) is 0 Å². The maximum Gasteiger partial charge on any atom is 0.257 e. The maximum atomic E-state index is 12.6. The van der Waals surface area contributed by atoms with Crippen LogP contribution in [0.3, 0.4) is 0 Å². The molecule has 0 aromatic heterocycles. The molecule has 0 bridgehead atoms. The highest BCUT2D eigenvalue weighted by molar-refractivity contribution is 6.30. The van der Waals surface area contributed by atoms with E-state index in [9.17, 15) is 4.79 Å². The van der Waals surface area contributed by atoms with Crippen molar-refractivity contribution in [1.82, 2.24) is 4.90 Å². The number of benzene rings is 2. The molecule has 4 heteroatoms. The highest BCUT2D eigenvalue weighted by Crippen LogP contribution is 2.32. The van der Waals surface area contributed by atoms with E-state index >= 15 is 0 Å². The predicted octanol–water partition coefficient (Wildman–Crippen LogP) is 3.93. The number of halogens is 1. The molecule has 2 aromatic rings. The van der Waals surface area contributed by atoms with Gasteiger partial charge in [0, 0.05) is 17.3 Å². The van der Waals surface area contributed by atoms with Crippen LogP contribution in [-0.2, 0) is 0 Å². The molecule has 1 N–H and O–H groups in total. The van der Waals surface area contributed by atoms with Crippen molar-refractivity contribution >= 4 is 23.2 Å². The number of carbonyl (C=O) groups is 1. The third-order valence-corrected chi connectivity index (χ3v) is 3.80. The molecule has 1 atom stereocenters. The van der Waals surface area contributed by atoms with Gasteiger partial charge >= 0.3 is 0 Å². The second-order valence-electron chi connectivity index (χ2n) is 4.74.